The number of hydrogen-bond acceptors (Lipinski definition) is 2. The first-order valence-corrected chi connectivity index (χ1v) is 6.32. The Labute approximate surface area is 117 Å². The molecule has 0 bridgehead atoms. The Bertz CT molecular complexity index is 586. The predicted molar refractivity (Wildman–Crippen MR) is 75.0 cm³/mol. The van der Waals surface area contributed by atoms with E-state index in [4.69, 9.17) is 0 Å². The number of aryl methyl sites for hydroxylation is 1. The highest BCUT2D eigenvalue weighted by molar-refractivity contribution is 14.1. The van der Waals surface area contributed by atoms with Gasteiger partial charge in [0.25, 0.3) is 5.91 Å². The van der Waals surface area contributed by atoms with Gasteiger partial charge in [0.15, 0.2) is 0 Å². The number of carbonyl (C=O) groups excluding carboxylic acids is 1. The average Bonchev–Trinajstić information content (AvgIpc) is 2.71. The lowest BCUT2D eigenvalue weighted by Crippen LogP contribution is -2.15. The molecule has 0 radical (unpaired) electrons. The number of rotatable bonds is 2. The number of anilines is 1. The fourth-order valence-electron chi connectivity index (χ4n) is 1.46. The van der Waals surface area contributed by atoms with Crippen LogP contribution >= 0.6 is 22.6 Å². The summed E-state index contributed by atoms with van der Waals surface area (Å²) in [4.78, 5) is 12.0. The van der Waals surface area contributed by atoms with Crippen LogP contribution in [0, 0.1) is 16.3 Å². The van der Waals surface area contributed by atoms with Crippen LogP contribution in [0.25, 0.3) is 0 Å². The van der Waals surface area contributed by atoms with Crippen LogP contribution in [-0.4, -0.2) is 15.7 Å². The second-order valence-corrected chi connectivity index (χ2v) is 5.02. The molecule has 0 aliphatic rings. The van der Waals surface area contributed by atoms with E-state index in [9.17, 15) is 9.18 Å². The Morgan fingerprint density at radius 1 is 1.50 bits per heavy atom. The van der Waals surface area contributed by atoms with Crippen LogP contribution in [0.2, 0.25) is 0 Å². The lowest BCUT2D eigenvalue weighted by molar-refractivity contribution is 0.102. The van der Waals surface area contributed by atoms with Crippen molar-refractivity contribution in [3.05, 3.63) is 44.9 Å². The molecule has 94 valence electrons. The highest BCUT2D eigenvalue weighted by Gasteiger charge is 2.12. The van der Waals surface area contributed by atoms with Gasteiger partial charge in [0.05, 0.1) is 6.20 Å². The molecule has 2 aromatic rings. The van der Waals surface area contributed by atoms with Gasteiger partial charge in [0, 0.05) is 22.2 Å². The lowest BCUT2D eigenvalue weighted by Gasteiger charge is -2.07. The minimum absolute atomic E-state index is 0.295. The fourth-order valence-corrected chi connectivity index (χ4v) is 2.05. The van der Waals surface area contributed by atoms with Crippen molar-refractivity contribution in [1.29, 1.82) is 0 Å². The minimum atomic E-state index is -0.378. The Kier molecular flexibility index (Phi) is 3.65. The second kappa shape index (κ2) is 5.05. The van der Waals surface area contributed by atoms with Gasteiger partial charge in [0.1, 0.15) is 11.6 Å². The molecule has 1 aromatic carbocycles. The van der Waals surface area contributed by atoms with Gasteiger partial charge in [-0.2, -0.15) is 5.10 Å². The second-order valence-electron chi connectivity index (χ2n) is 3.86. The fraction of sp³-hybridized carbons (Fsp3) is 0.167. The van der Waals surface area contributed by atoms with Gasteiger partial charge in [-0.3, -0.25) is 9.48 Å². The van der Waals surface area contributed by atoms with Crippen molar-refractivity contribution < 1.29 is 9.18 Å². The molecule has 1 N–H and O–H groups in total. The van der Waals surface area contributed by atoms with Crippen molar-refractivity contribution >= 4 is 34.3 Å². The zero-order valence-corrected chi connectivity index (χ0v) is 12.0. The maximum absolute atomic E-state index is 13.6. The van der Waals surface area contributed by atoms with Gasteiger partial charge in [-0.15, -0.1) is 0 Å². The zero-order valence-electron chi connectivity index (χ0n) is 9.87. The van der Waals surface area contributed by atoms with Gasteiger partial charge >= 0.3 is 0 Å². The van der Waals surface area contributed by atoms with Crippen LogP contribution in [0.3, 0.4) is 0 Å². The minimum Gasteiger partial charge on any atom is -0.307 e. The molecule has 1 amide bonds. The first kappa shape index (κ1) is 13.0. The molecule has 0 aliphatic carbocycles. The van der Waals surface area contributed by atoms with Crippen molar-refractivity contribution in [3.8, 4) is 0 Å². The first-order valence-electron chi connectivity index (χ1n) is 5.24. The molecule has 0 unspecified atom stereocenters. The SMILES string of the molecule is Cc1c(F)cc(C(=O)Nc2ccnn2C)cc1I. The standard InChI is InChI=1S/C12H11FIN3O/c1-7-9(13)5-8(6-10(7)14)12(18)16-11-3-4-15-17(11)2/h3-6H,1-2H3,(H,16,18). The summed E-state index contributed by atoms with van der Waals surface area (Å²) in [6.45, 7) is 1.68. The van der Waals surface area contributed by atoms with E-state index >= 15 is 0 Å². The average molecular weight is 359 g/mol. The molecule has 0 atom stereocenters. The van der Waals surface area contributed by atoms with Crippen LogP contribution in [0.5, 0.6) is 0 Å². The molecular formula is C12H11FIN3O. The van der Waals surface area contributed by atoms with E-state index < -0.39 is 0 Å². The maximum atomic E-state index is 13.6. The summed E-state index contributed by atoms with van der Waals surface area (Å²) in [6.07, 6.45) is 1.58. The number of nitrogens with one attached hydrogen (secondary N) is 1. The third-order valence-electron chi connectivity index (χ3n) is 2.61. The number of aromatic nitrogens is 2. The van der Waals surface area contributed by atoms with E-state index in [0.29, 0.717) is 16.9 Å². The molecular weight excluding hydrogens is 348 g/mol. The Morgan fingerprint density at radius 3 is 2.78 bits per heavy atom. The molecule has 4 nitrogen and oxygen atoms in total. The number of halogens is 2. The number of amides is 1. The summed E-state index contributed by atoms with van der Waals surface area (Å²) in [6, 6.07) is 4.57. The third-order valence-corrected chi connectivity index (χ3v) is 3.73. The van der Waals surface area contributed by atoms with Gasteiger partial charge in [0.2, 0.25) is 0 Å². The van der Waals surface area contributed by atoms with Crippen molar-refractivity contribution in [2.24, 2.45) is 7.05 Å². The quantitative estimate of drug-likeness (QED) is 0.839. The van der Waals surface area contributed by atoms with Crippen LogP contribution in [0.1, 0.15) is 15.9 Å². The Morgan fingerprint density at radius 2 is 2.22 bits per heavy atom. The first-order chi connectivity index (χ1) is 8.49. The van der Waals surface area contributed by atoms with E-state index in [1.807, 2.05) is 22.6 Å². The van der Waals surface area contributed by atoms with Gasteiger partial charge in [-0.25, -0.2) is 4.39 Å². The summed E-state index contributed by atoms with van der Waals surface area (Å²) < 4.78 is 15.8. The number of nitrogens with zero attached hydrogens (tertiary/aromatic N) is 2. The topological polar surface area (TPSA) is 46.9 Å². The normalized spacial score (nSPS) is 10.4. The number of hydrogen-bond donors (Lipinski definition) is 1. The molecule has 0 saturated heterocycles. The molecule has 0 aliphatic heterocycles. The van der Waals surface area contributed by atoms with Crippen LogP contribution < -0.4 is 5.32 Å². The van der Waals surface area contributed by atoms with Crippen LogP contribution in [-0.2, 0) is 7.05 Å². The molecule has 0 saturated carbocycles. The van der Waals surface area contributed by atoms with Crippen LogP contribution in [0.15, 0.2) is 24.4 Å². The molecule has 1 aromatic heterocycles. The predicted octanol–water partition coefficient (Wildman–Crippen LogP) is 2.72. The highest BCUT2D eigenvalue weighted by Crippen LogP contribution is 2.18. The van der Waals surface area contributed by atoms with Gasteiger partial charge in [-0.1, -0.05) is 0 Å². The van der Waals surface area contributed by atoms with E-state index in [1.165, 1.54) is 10.7 Å². The molecule has 6 heteroatoms. The molecule has 0 spiro atoms. The third kappa shape index (κ3) is 2.53. The zero-order chi connectivity index (χ0) is 13.3. The highest BCUT2D eigenvalue weighted by atomic mass is 127. The summed E-state index contributed by atoms with van der Waals surface area (Å²) >= 11 is 2.01. The summed E-state index contributed by atoms with van der Waals surface area (Å²) in [7, 11) is 1.72. The summed E-state index contributed by atoms with van der Waals surface area (Å²) in [5.41, 5.74) is 0.844. The van der Waals surface area contributed by atoms with Crippen LogP contribution in [0.4, 0.5) is 10.2 Å². The van der Waals surface area contributed by atoms with Crippen molar-refractivity contribution in [2.75, 3.05) is 5.32 Å². The monoisotopic (exact) mass is 359 g/mol. The van der Waals surface area contributed by atoms with Crippen molar-refractivity contribution in [2.45, 2.75) is 6.92 Å². The molecule has 18 heavy (non-hydrogen) atoms. The Balaban J connectivity index is 2.27. The maximum Gasteiger partial charge on any atom is 0.256 e. The largest absolute Gasteiger partial charge is 0.307 e. The molecule has 1 heterocycles. The van der Waals surface area contributed by atoms with Gasteiger partial charge < -0.3 is 5.32 Å². The van der Waals surface area contributed by atoms with Crippen molar-refractivity contribution in [3.63, 3.8) is 0 Å². The molecule has 0 fully saturated rings. The number of carbonyl (C=O) groups is 1. The lowest BCUT2D eigenvalue weighted by atomic mass is 10.1. The van der Waals surface area contributed by atoms with Gasteiger partial charge in [-0.05, 0) is 47.2 Å². The smallest absolute Gasteiger partial charge is 0.256 e. The van der Waals surface area contributed by atoms with E-state index in [-0.39, 0.29) is 11.7 Å². The van der Waals surface area contributed by atoms with Crippen molar-refractivity contribution in [1.82, 2.24) is 9.78 Å². The van der Waals surface area contributed by atoms with E-state index in [0.717, 1.165) is 3.57 Å². The summed E-state index contributed by atoms with van der Waals surface area (Å²) in [5, 5.41) is 6.61. The Hall–Kier alpha value is -1.44. The van der Waals surface area contributed by atoms with E-state index in [1.54, 1.807) is 32.3 Å². The summed E-state index contributed by atoms with van der Waals surface area (Å²) in [5.74, 6) is -0.163. The molecule has 2 rings (SSSR count). The van der Waals surface area contributed by atoms with E-state index in [2.05, 4.69) is 10.4 Å². The number of benzene rings is 1.